The van der Waals surface area contributed by atoms with Crippen LogP contribution in [0.5, 0.6) is 23.0 Å². The standard InChI is InChI=1S/2C20H44N.C6H5BO6/c2*1-5-9-13-17-21(18-14-10-6-2,19-15-11-7-3)20-16-12-8-4;8-3-1-2-4(13-7(11)12)6(10)5(3)9/h2*5-20H2,1-4H3;1-2,8-10H/q2*+1;-2. The Morgan fingerprint density at radius 2 is 0.636 bits per heavy atom. The fourth-order valence-corrected chi connectivity index (χ4v) is 7.67. The van der Waals surface area contributed by atoms with Crippen LogP contribution >= 0.6 is 0 Å². The number of phenolic OH excluding ortho intramolecular Hbond substituents is 3. The molecule has 0 amide bonds. The van der Waals surface area contributed by atoms with Crippen LogP contribution in [-0.4, -0.2) is 84.0 Å². The normalized spacial score (nSPS) is 11.5. The Morgan fingerprint density at radius 1 is 0.400 bits per heavy atom. The lowest BCUT2D eigenvalue weighted by molar-refractivity contribution is -0.929. The number of unbranched alkanes of at least 4 members (excludes halogenated alkanes) is 16. The summed E-state index contributed by atoms with van der Waals surface area (Å²) >= 11 is 0. The molecule has 3 N–H and O–H groups in total. The van der Waals surface area contributed by atoms with E-state index in [0.29, 0.717) is 0 Å². The zero-order valence-electron chi connectivity index (χ0n) is 37.8. The van der Waals surface area contributed by atoms with Crippen molar-refractivity contribution in [1.29, 1.82) is 0 Å². The van der Waals surface area contributed by atoms with Crippen LogP contribution in [0.2, 0.25) is 0 Å². The van der Waals surface area contributed by atoms with Gasteiger partial charge in [-0.1, -0.05) is 107 Å². The van der Waals surface area contributed by atoms with Crippen LogP contribution in [0, 0.1) is 0 Å². The Hall–Kier alpha value is -1.68. The number of rotatable bonds is 34. The molecular formula is C46H93BN2O6. The molecule has 0 fully saturated rings. The molecule has 0 bridgehead atoms. The van der Waals surface area contributed by atoms with Gasteiger partial charge < -0.3 is 39.0 Å². The van der Waals surface area contributed by atoms with Crippen LogP contribution in [0.25, 0.3) is 0 Å². The van der Waals surface area contributed by atoms with E-state index in [-0.39, 0.29) is 0 Å². The van der Waals surface area contributed by atoms with Crippen molar-refractivity contribution in [3.05, 3.63) is 12.1 Å². The topological polar surface area (TPSA) is 116 Å². The first-order chi connectivity index (χ1) is 26.5. The van der Waals surface area contributed by atoms with Crippen LogP contribution < -0.4 is 14.7 Å². The Morgan fingerprint density at radius 3 is 0.836 bits per heavy atom. The fourth-order valence-electron chi connectivity index (χ4n) is 7.67. The third-order valence-electron chi connectivity index (χ3n) is 11.2. The van der Waals surface area contributed by atoms with Gasteiger partial charge in [-0.05, 0) is 115 Å². The molecule has 55 heavy (non-hydrogen) atoms. The van der Waals surface area contributed by atoms with Gasteiger partial charge in [0, 0.05) is 0 Å². The Balaban J connectivity index is 0. The minimum Gasteiger partial charge on any atom is -0.860 e. The highest BCUT2D eigenvalue weighted by atomic mass is 16.6. The number of benzene rings is 1. The van der Waals surface area contributed by atoms with Crippen LogP contribution in [0.4, 0.5) is 0 Å². The van der Waals surface area contributed by atoms with Gasteiger partial charge in [-0.15, -0.1) is 0 Å². The number of nitrogens with zero attached hydrogens (tertiary/aromatic N) is 2. The minimum absolute atomic E-state index is 0.467. The van der Waals surface area contributed by atoms with E-state index >= 15 is 0 Å². The van der Waals surface area contributed by atoms with Crippen molar-refractivity contribution in [2.75, 3.05) is 52.4 Å². The largest absolute Gasteiger partial charge is 0.860 e. The van der Waals surface area contributed by atoms with Crippen molar-refractivity contribution in [2.45, 2.75) is 209 Å². The van der Waals surface area contributed by atoms with Crippen molar-refractivity contribution in [1.82, 2.24) is 0 Å². The lowest BCUT2D eigenvalue weighted by Gasteiger charge is -2.39. The summed E-state index contributed by atoms with van der Waals surface area (Å²) in [6.45, 7) is 30.3. The van der Waals surface area contributed by atoms with Gasteiger partial charge in [0.2, 0.25) is 11.5 Å². The summed E-state index contributed by atoms with van der Waals surface area (Å²) in [5.74, 6) is -2.71. The smallest absolute Gasteiger partial charge is 0.204 e. The SMILES string of the molecule is CCCCC[N+](CCCCC)(CCCCC)CCCCC.CCCCC[N+](CCCCC)(CCCCC)CCCCC.[O-]B([O-])Oc1ccc(O)c(O)c1O. The lowest BCUT2D eigenvalue weighted by Crippen LogP contribution is -2.50. The molecule has 0 atom stereocenters. The van der Waals surface area contributed by atoms with Crippen LogP contribution in [0.1, 0.15) is 209 Å². The van der Waals surface area contributed by atoms with Gasteiger partial charge in [0.15, 0.2) is 5.75 Å². The first-order valence-corrected chi connectivity index (χ1v) is 23.4. The van der Waals surface area contributed by atoms with E-state index in [9.17, 15) is 10.0 Å². The number of phenols is 3. The van der Waals surface area contributed by atoms with Gasteiger partial charge in [0.25, 0.3) is 0 Å². The molecule has 0 aliphatic carbocycles. The lowest BCUT2D eigenvalue weighted by atomic mass is 10.1. The average molecular weight is 781 g/mol. The summed E-state index contributed by atoms with van der Waals surface area (Å²) in [4.78, 5) is 0. The fraction of sp³-hybridized carbons (Fsp3) is 0.870. The van der Waals surface area contributed by atoms with E-state index < -0.39 is 30.3 Å². The minimum atomic E-state index is -2.60. The predicted molar refractivity (Wildman–Crippen MR) is 233 cm³/mol. The second-order valence-electron chi connectivity index (χ2n) is 16.3. The summed E-state index contributed by atoms with van der Waals surface area (Å²) < 4.78 is 6.94. The second-order valence-corrected chi connectivity index (χ2v) is 16.3. The van der Waals surface area contributed by atoms with Crippen molar-refractivity contribution >= 4 is 7.32 Å². The van der Waals surface area contributed by atoms with Crippen molar-refractivity contribution in [2.24, 2.45) is 0 Å². The van der Waals surface area contributed by atoms with E-state index in [1.165, 1.54) is 215 Å². The Bertz CT molecular complexity index is 832. The number of hydrogen-bond acceptors (Lipinski definition) is 6. The summed E-state index contributed by atoms with van der Waals surface area (Å²) in [5.41, 5.74) is 0. The van der Waals surface area contributed by atoms with E-state index in [1.54, 1.807) is 0 Å². The molecule has 0 radical (unpaired) electrons. The quantitative estimate of drug-likeness (QED) is 0.0278. The molecule has 1 aromatic carbocycles. The third kappa shape index (κ3) is 29.2. The van der Waals surface area contributed by atoms with E-state index in [2.05, 4.69) is 60.0 Å². The highest BCUT2D eigenvalue weighted by molar-refractivity contribution is 6.29. The van der Waals surface area contributed by atoms with Gasteiger partial charge in [-0.2, -0.15) is 0 Å². The Labute approximate surface area is 342 Å². The Kier molecular flexibility index (Phi) is 38.2. The molecule has 0 heterocycles. The maximum absolute atomic E-state index is 10.0. The van der Waals surface area contributed by atoms with Crippen LogP contribution in [0.15, 0.2) is 12.1 Å². The molecule has 1 aromatic rings. The summed E-state index contributed by atoms with van der Waals surface area (Å²) in [7, 11) is -2.60. The van der Waals surface area contributed by atoms with E-state index in [4.69, 9.17) is 15.3 Å². The second kappa shape index (κ2) is 37.9. The molecule has 0 aliphatic rings. The average Bonchev–Trinajstić information content (AvgIpc) is 3.16. The molecule has 0 saturated carbocycles. The predicted octanol–water partition coefficient (Wildman–Crippen LogP) is 11.0. The number of hydrogen-bond donors (Lipinski definition) is 3. The monoisotopic (exact) mass is 781 g/mol. The molecule has 9 heteroatoms. The molecule has 0 spiro atoms. The highest BCUT2D eigenvalue weighted by Crippen LogP contribution is 2.41. The van der Waals surface area contributed by atoms with Gasteiger partial charge >= 0.3 is 0 Å². The van der Waals surface area contributed by atoms with E-state index in [0.717, 1.165) is 12.1 Å². The number of quaternary nitrogens is 2. The zero-order valence-corrected chi connectivity index (χ0v) is 37.8. The summed E-state index contributed by atoms with van der Waals surface area (Å²) in [6, 6.07) is 1.97. The first kappa shape index (κ1) is 55.4. The zero-order chi connectivity index (χ0) is 41.6. The van der Waals surface area contributed by atoms with Crippen molar-refractivity contribution < 1.29 is 39.0 Å². The molecule has 0 aromatic heterocycles. The van der Waals surface area contributed by atoms with Crippen molar-refractivity contribution in [3.8, 4) is 23.0 Å². The van der Waals surface area contributed by atoms with Gasteiger partial charge in [0.05, 0.1) is 52.4 Å². The van der Waals surface area contributed by atoms with Crippen molar-refractivity contribution in [3.63, 3.8) is 0 Å². The molecule has 0 aliphatic heterocycles. The van der Waals surface area contributed by atoms with Crippen LogP contribution in [0.3, 0.4) is 0 Å². The molecule has 8 nitrogen and oxygen atoms in total. The van der Waals surface area contributed by atoms with Gasteiger partial charge in [-0.25, -0.2) is 0 Å². The van der Waals surface area contributed by atoms with Gasteiger partial charge in [0.1, 0.15) is 13.1 Å². The number of aromatic hydroxyl groups is 3. The summed E-state index contributed by atoms with van der Waals surface area (Å²) in [5, 5.41) is 46.8. The van der Waals surface area contributed by atoms with E-state index in [1.807, 2.05) is 0 Å². The molecule has 326 valence electrons. The first-order valence-electron chi connectivity index (χ1n) is 23.4. The van der Waals surface area contributed by atoms with Crippen LogP contribution in [-0.2, 0) is 0 Å². The molecule has 0 unspecified atom stereocenters. The third-order valence-corrected chi connectivity index (χ3v) is 11.2. The molecule has 0 saturated heterocycles. The maximum Gasteiger partial charge on any atom is 0.204 e. The maximum atomic E-state index is 10.0. The molecular weight excluding hydrogens is 687 g/mol. The van der Waals surface area contributed by atoms with Gasteiger partial charge in [-0.3, -0.25) is 0 Å². The summed E-state index contributed by atoms with van der Waals surface area (Å²) in [6.07, 6.45) is 33.8. The molecule has 1 rings (SSSR count). The highest BCUT2D eigenvalue weighted by Gasteiger charge is 2.26.